The van der Waals surface area contributed by atoms with Crippen molar-refractivity contribution in [3.63, 3.8) is 0 Å². The van der Waals surface area contributed by atoms with Crippen molar-refractivity contribution in [2.45, 2.75) is 19.3 Å². The minimum Gasteiger partial charge on any atom is -0.396 e. The summed E-state index contributed by atoms with van der Waals surface area (Å²) in [6, 6.07) is 4.13. The number of anilines is 1. The number of ketones is 1. The number of carbonyl (C=O) groups excluding carboxylic acids is 2. The van der Waals surface area contributed by atoms with Crippen LogP contribution in [0.2, 0.25) is 0 Å². The Morgan fingerprint density at radius 3 is 2.67 bits per heavy atom. The maximum absolute atomic E-state index is 13.7. The SMILES string of the molecule is O=C1C(=O)N(CCCCCO)c2c(F)cccc21. The van der Waals surface area contributed by atoms with Gasteiger partial charge in [-0.1, -0.05) is 6.07 Å². The molecule has 0 radical (unpaired) electrons. The highest BCUT2D eigenvalue weighted by Crippen LogP contribution is 2.31. The van der Waals surface area contributed by atoms with E-state index in [0.717, 1.165) is 6.42 Å². The molecule has 1 amide bonds. The summed E-state index contributed by atoms with van der Waals surface area (Å²) < 4.78 is 13.7. The molecule has 1 aromatic carbocycles. The number of Topliss-reactive ketones (excluding diaryl/α,β-unsaturated/α-hetero) is 1. The molecule has 1 aliphatic rings. The van der Waals surface area contributed by atoms with E-state index >= 15 is 0 Å². The van der Waals surface area contributed by atoms with E-state index in [2.05, 4.69) is 0 Å². The minimum atomic E-state index is -0.668. The lowest BCUT2D eigenvalue weighted by Crippen LogP contribution is -2.31. The van der Waals surface area contributed by atoms with Crippen molar-refractivity contribution in [2.75, 3.05) is 18.1 Å². The predicted octanol–water partition coefficient (Wildman–Crippen LogP) is 1.52. The molecule has 1 heterocycles. The lowest BCUT2D eigenvalue weighted by atomic mass is 10.1. The summed E-state index contributed by atoms with van der Waals surface area (Å²) in [6.07, 6.45) is 2.01. The first-order chi connectivity index (χ1) is 8.66. The number of hydrogen-bond donors (Lipinski definition) is 1. The number of benzene rings is 1. The van der Waals surface area contributed by atoms with Crippen LogP contribution < -0.4 is 4.90 Å². The molecule has 1 aromatic rings. The first-order valence-corrected chi connectivity index (χ1v) is 5.92. The third-order valence-corrected chi connectivity index (χ3v) is 2.98. The third kappa shape index (κ3) is 2.13. The van der Waals surface area contributed by atoms with Gasteiger partial charge in [0.05, 0.1) is 11.3 Å². The zero-order chi connectivity index (χ0) is 13.1. The number of aliphatic hydroxyl groups is 1. The molecule has 18 heavy (non-hydrogen) atoms. The highest BCUT2D eigenvalue weighted by molar-refractivity contribution is 6.52. The summed E-state index contributed by atoms with van der Waals surface area (Å²) in [5.41, 5.74) is 0.235. The largest absolute Gasteiger partial charge is 0.396 e. The number of nitrogens with zero attached hydrogens (tertiary/aromatic N) is 1. The summed E-state index contributed by atoms with van der Waals surface area (Å²) in [4.78, 5) is 24.6. The number of para-hydroxylation sites is 1. The molecule has 0 fully saturated rings. The van der Waals surface area contributed by atoms with Crippen LogP contribution in [0.3, 0.4) is 0 Å². The Labute approximate surface area is 104 Å². The molecule has 96 valence electrons. The number of aliphatic hydroxyl groups excluding tert-OH is 1. The van der Waals surface area contributed by atoms with E-state index in [-0.39, 0.29) is 17.9 Å². The van der Waals surface area contributed by atoms with Gasteiger partial charge in [0.15, 0.2) is 0 Å². The fourth-order valence-electron chi connectivity index (χ4n) is 2.08. The monoisotopic (exact) mass is 251 g/mol. The normalized spacial score (nSPS) is 14.2. The first-order valence-electron chi connectivity index (χ1n) is 5.92. The molecule has 4 nitrogen and oxygen atoms in total. The molecule has 0 unspecified atom stereocenters. The van der Waals surface area contributed by atoms with E-state index in [1.165, 1.54) is 23.1 Å². The fraction of sp³-hybridized carbons (Fsp3) is 0.385. The zero-order valence-corrected chi connectivity index (χ0v) is 9.86. The van der Waals surface area contributed by atoms with Gasteiger partial charge in [-0.3, -0.25) is 9.59 Å². The van der Waals surface area contributed by atoms with E-state index in [1.807, 2.05) is 0 Å². The Bertz CT molecular complexity index is 487. The van der Waals surface area contributed by atoms with Crippen LogP contribution in [-0.4, -0.2) is 29.9 Å². The van der Waals surface area contributed by atoms with E-state index in [4.69, 9.17) is 5.11 Å². The van der Waals surface area contributed by atoms with Crippen molar-refractivity contribution in [2.24, 2.45) is 0 Å². The Morgan fingerprint density at radius 2 is 1.94 bits per heavy atom. The third-order valence-electron chi connectivity index (χ3n) is 2.98. The molecule has 0 spiro atoms. The average Bonchev–Trinajstić information content (AvgIpc) is 2.61. The molecule has 2 rings (SSSR count). The minimum absolute atomic E-state index is 0.0940. The Morgan fingerprint density at radius 1 is 1.17 bits per heavy atom. The number of hydrogen-bond acceptors (Lipinski definition) is 3. The van der Waals surface area contributed by atoms with Crippen LogP contribution in [0.15, 0.2) is 18.2 Å². The second-order valence-corrected chi connectivity index (χ2v) is 4.21. The maximum atomic E-state index is 13.7. The van der Waals surface area contributed by atoms with Gasteiger partial charge in [-0.2, -0.15) is 0 Å². The van der Waals surface area contributed by atoms with Gasteiger partial charge in [0, 0.05) is 13.2 Å². The Kier molecular flexibility index (Phi) is 3.72. The molecule has 1 aliphatic heterocycles. The van der Waals surface area contributed by atoms with Crippen molar-refractivity contribution < 1.29 is 19.1 Å². The van der Waals surface area contributed by atoms with Crippen LogP contribution in [-0.2, 0) is 4.79 Å². The first kappa shape index (κ1) is 12.7. The van der Waals surface area contributed by atoms with Gasteiger partial charge in [0.2, 0.25) is 0 Å². The smallest absolute Gasteiger partial charge is 0.299 e. The van der Waals surface area contributed by atoms with Crippen LogP contribution in [0, 0.1) is 5.82 Å². The maximum Gasteiger partial charge on any atom is 0.299 e. The molecule has 5 heteroatoms. The second kappa shape index (κ2) is 5.27. The highest BCUT2D eigenvalue weighted by Gasteiger charge is 2.37. The van der Waals surface area contributed by atoms with E-state index in [9.17, 15) is 14.0 Å². The van der Waals surface area contributed by atoms with Crippen molar-refractivity contribution in [3.8, 4) is 0 Å². The van der Waals surface area contributed by atoms with E-state index in [1.54, 1.807) is 0 Å². The van der Waals surface area contributed by atoms with Crippen molar-refractivity contribution >= 4 is 17.4 Å². The number of amides is 1. The van der Waals surface area contributed by atoms with Crippen LogP contribution in [0.1, 0.15) is 29.6 Å². The van der Waals surface area contributed by atoms with Crippen LogP contribution >= 0.6 is 0 Å². The molecule has 0 saturated heterocycles. The topological polar surface area (TPSA) is 57.6 Å². The van der Waals surface area contributed by atoms with Crippen molar-refractivity contribution in [1.29, 1.82) is 0 Å². The standard InChI is InChI=1S/C13H14FNO3/c14-10-6-4-5-9-11(10)15(13(18)12(9)17)7-2-1-3-8-16/h4-6,16H,1-3,7-8H2. The van der Waals surface area contributed by atoms with Gasteiger partial charge in [-0.25, -0.2) is 4.39 Å². The number of carbonyl (C=O) groups is 2. The van der Waals surface area contributed by atoms with Crippen molar-refractivity contribution in [3.05, 3.63) is 29.6 Å². The number of rotatable bonds is 5. The van der Waals surface area contributed by atoms with Gasteiger partial charge in [-0.05, 0) is 31.4 Å². The summed E-state index contributed by atoms with van der Waals surface area (Å²) in [6.45, 7) is 0.399. The summed E-state index contributed by atoms with van der Waals surface area (Å²) in [7, 11) is 0. The van der Waals surface area contributed by atoms with Gasteiger partial charge in [-0.15, -0.1) is 0 Å². The number of halogens is 1. The molecular weight excluding hydrogens is 237 g/mol. The molecule has 0 aliphatic carbocycles. The number of unbranched alkanes of at least 4 members (excludes halogenated alkanes) is 2. The summed E-state index contributed by atoms with van der Waals surface area (Å²) in [5, 5.41) is 8.66. The Balaban J connectivity index is 2.17. The molecule has 0 aromatic heterocycles. The fourth-order valence-corrected chi connectivity index (χ4v) is 2.08. The van der Waals surface area contributed by atoms with Crippen LogP contribution in [0.25, 0.3) is 0 Å². The predicted molar refractivity (Wildman–Crippen MR) is 64.0 cm³/mol. The molecule has 0 bridgehead atoms. The lowest BCUT2D eigenvalue weighted by Gasteiger charge is -2.16. The summed E-state index contributed by atoms with van der Waals surface area (Å²) in [5.74, 6) is -1.86. The molecule has 1 N–H and O–H groups in total. The van der Waals surface area contributed by atoms with Crippen molar-refractivity contribution in [1.82, 2.24) is 0 Å². The zero-order valence-electron chi connectivity index (χ0n) is 9.86. The van der Waals surface area contributed by atoms with Crippen LogP contribution in [0.5, 0.6) is 0 Å². The Hall–Kier alpha value is -1.75. The van der Waals surface area contributed by atoms with Crippen LogP contribution in [0.4, 0.5) is 10.1 Å². The molecule has 0 atom stereocenters. The highest BCUT2D eigenvalue weighted by atomic mass is 19.1. The van der Waals surface area contributed by atoms with E-state index < -0.39 is 17.5 Å². The van der Waals surface area contributed by atoms with Gasteiger partial charge in [0.25, 0.3) is 11.7 Å². The lowest BCUT2D eigenvalue weighted by molar-refractivity contribution is -0.114. The molecular formula is C13H14FNO3. The van der Waals surface area contributed by atoms with E-state index in [0.29, 0.717) is 19.4 Å². The average molecular weight is 251 g/mol. The van der Waals surface area contributed by atoms with Gasteiger partial charge < -0.3 is 10.0 Å². The quantitative estimate of drug-likeness (QED) is 0.637. The molecule has 0 saturated carbocycles. The second-order valence-electron chi connectivity index (χ2n) is 4.21. The number of fused-ring (bicyclic) bond motifs is 1. The van der Waals surface area contributed by atoms with Gasteiger partial charge in [0.1, 0.15) is 5.82 Å². The summed E-state index contributed by atoms with van der Waals surface area (Å²) >= 11 is 0. The van der Waals surface area contributed by atoms with Gasteiger partial charge >= 0.3 is 0 Å².